The molecule has 0 aliphatic carbocycles. The van der Waals surface area contributed by atoms with Crippen LogP contribution in [0.25, 0.3) is 0 Å². The summed E-state index contributed by atoms with van der Waals surface area (Å²) in [4.78, 5) is 11.8. The fraction of sp³-hybridized carbons (Fsp3) is 0.286. The molecule has 0 bridgehead atoms. The van der Waals surface area contributed by atoms with Crippen molar-refractivity contribution in [1.29, 1.82) is 0 Å². The number of ether oxygens (including phenoxy) is 1. The fourth-order valence-corrected chi connectivity index (χ4v) is 2.57. The minimum absolute atomic E-state index is 0.0431. The van der Waals surface area contributed by atoms with Crippen LogP contribution in [0.3, 0.4) is 0 Å². The number of benzene rings is 1. The highest BCUT2D eigenvalue weighted by Gasteiger charge is 2.33. The second-order valence-electron chi connectivity index (χ2n) is 4.76. The molecule has 0 radical (unpaired) electrons. The molecule has 6 heteroatoms. The van der Waals surface area contributed by atoms with Crippen LogP contribution in [-0.4, -0.2) is 29.3 Å². The number of hydrogen-bond acceptors (Lipinski definition) is 4. The molecule has 20 heavy (non-hydrogen) atoms. The number of carbonyl (C=O) groups is 1. The summed E-state index contributed by atoms with van der Waals surface area (Å²) in [5.41, 5.74) is 2.62. The number of hydrogen-bond donors (Lipinski definition) is 2. The minimum Gasteiger partial charge on any atom is -0.467 e. The Labute approximate surface area is 115 Å². The Morgan fingerprint density at radius 1 is 1.40 bits per heavy atom. The topological polar surface area (TPSA) is 67.0 Å². The van der Waals surface area contributed by atoms with Gasteiger partial charge in [0.2, 0.25) is 0 Å². The summed E-state index contributed by atoms with van der Waals surface area (Å²) in [5.74, 6) is -0.639. The van der Waals surface area contributed by atoms with Crippen molar-refractivity contribution in [3.8, 4) is 0 Å². The van der Waals surface area contributed by atoms with Crippen molar-refractivity contribution in [2.45, 2.75) is 18.4 Å². The van der Waals surface area contributed by atoms with Gasteiger partial charge in [-0.25, -0.2) is 9.18 Å². The van der Waals surface area contributed by atoms with Gasteiger partial charge >= 0.3 is 5.97 Å². The Hall–Kier alpha value is -2.37. The first-order chi connectivity index (χ1) is 9.69. The summed E-state index contributed by atoms with van der Waals surface area (Å²) < 4.78 is 17.8. The Bertz CT molecular complexity index is 624. The normalized spacial score (nSPS) is 20.9. The number of anilines is 1. The molecule has 0 amide bonds. The molecule has 1 aliphatic rings. The van der Waals surface area contributed by atoms with E-state index >= 15 is 0 Å². The predicted octanol–water partition coefficient (Wildman–Crippen LogP) is 2.04. The zero-order valence-electron chi connectivity index (χ0n) is 10.9. The molecule has 1 aromatic heterocycles. The lowest BCUT2D eigenvalue weighted by atomic mass is 9.86. The van der Waals surface area contributed by atoms with Gasteiger partial charge in [-0.1, -0.05) is 12.1 Å². The lowest BCUT2D eigenvalue weighted by molar-refractivity contribution is -0.141. The number of rotatable bonds is 2. The van der Waals surface area contributed by atoms with Crippen molar-refractivity contribution in [2.75, 3.05) is 12.4 Å². The van der Waals surface area contributed by atoms with Crippen molar-refractivity contribution in [3.05, 3.63) is 47.5 Å². The lowest BCUT2D eigenvalue weighted by Gasteiger charge is -2.29. The van der Waals surface area contributed by atoms with Gasteiger partial charge in [0.05, 0.1) is 24.7 Å². The van der Waals surface area contributed by atoms with E-state index in [0.717, 1.165) is 16.9 Å². The van der Waals surface area contributed by atoms with Gasteiger partial charge in [-0.05, 0) is 24.1 Å². The summed E-state index contributed by atoms with van der Waals surface area (Å²) in [6, 6.07) is 5.86. The van der Waals surface area contributed by atoms with E-state index in [-0.39, 0.29) is 17.7 Å². The van der Waals surface area contributed by atoms with E-state index in [9.17, 15) is 9.18 Å². The van der Waals surface area contributed by atoms with Gasteiger partial charge in [-0.3, -0.25) is 5.10 Å². The number of aromatic amines is 1. The van der Waals surface area contributed by atoms with Crippen molar-refractivity contribution < 1.29 is 13.9 Å². The van der Waals surface area contributed by atoms with Crippen LogP contribution in [0.15, 0.2) is 30.5 Å². The average Bonchev–Trinajstić information content (AvgIpc) is 2.94. The second-order valence-corrected chi connectivity index (χ2v) is 4.76. The maximum absolute atomic E-state index is 13.0. The maximum Gasteiger partial charge on any atom is 0.328 e. The Balaban J connectivity index is 1.97. The van der Waals surface area contributed by atoms with Crippen LogP contribution in [-0.2, 0) is 9.53 Å². The highest BCUT2D eigenvalue weighted by Crippen LogP contribution is 2.37. The quantitative estimate of drug-likeness (QED) is 0.823. The fourth-order valence-electron chi connectivity index (χ4n) is 2.57. The van der Waals surface area contributed by atoms with E-state index < -0.39 is 6.04 Å². The van der Waals surface area contributed by atoms with E-state index in [1.807, 2.05) is 0 Å². The third kappa shape index (κ3) is 2.13. The first-order valence-corrected chi connectivity index (χ1v) is 6.32. The molecule has 104 valence electrons. The Kier molecular flexibility index (Phi) is 3.14. The van der Waals surface area contributed by atoms with E-state index in [1.165, 1.54) is 19.2 Å². The predicted molar refractivity (Wildman–Crippen MR) is 70.9 cm³/mol. The van der Waals surface area contributed by atoms with Gasteiger partial charge in [0.1, 0.15) is 11.9 Å². The third-order valence-electron chi connectivity index (χ3n) is 3.58. The van der Waals surface area contributed by atoms with Crippen LogP contribution in [0.1, 0.15) is 23.6 Å². The molecular formula is C14H14FN3O2. The van der Waals surface area contributed by atoms with Gasteiger partial charge in [0.25, 0.3) is 0 Å². The molecule has 0 spiro atoms. The van der Waals surface area contributed by atoms with Crippen LogP contribution >= 0.6 is 0 Å². The first kappa shape index (κ1) is 12.7. The third-order valence-corrected chi connectivity index (χ3v) is 3.58. The molecule has 0 fully saturated rings. The summed E-state index contributed by atoms with van der Waals surface area (Å²) >= 11 is 0. The number of halogens is 1. The van der Waals surface area contributed by atoms with E-state index in [0.29, 0.717) is 6.42 Å². The number of H-pyrrole nitrogens is 1. The molecule has 1 aliphatic heterocycles. The van der Waals surface area contributed by atoms with Gasteiger partial charge in [0.15, 0.2) is 0 Å². The van der Waals surface area contributed by atoms with E-state index in [2.05, 4.69) is 15.5 Å². The van der Waals surface area contributed by atoms with Crippen molar-refractivity contribution in [2.24, 2.45) is 0 Å². The molecular weight excluding hydrogens is 261 g/mol. The van der Waals surface area contributed by atoms with E-state index in [1.54, 1.807) is 18.3 Å². The number of esters is 1. The molecule has 2 aromatic rings. The van der Waals surface area contributed by atoms with Crippen molar-refractivity contribution in [3.63, 3.8) is 0 Å². The minimum atomic E-state index is -0.430. The Morgan fingerprint density at radius 2 is 2.15 bits per heavy atom. The van der Waals surface area contributed by atoms with Gasteiger partial charge in [0, 0.05) is 5.92 Å². The average molecular weight is 275 g/mol. The molecule has 5 nitrogen and oxygen atoms in total. The first-order valence-electron chi connectivity index (χ1n) is 6.32. The SMILES string of the molecule is COC(=O)C1CC(c2ccc(F)cc2)c2[nH]ncc2N1. The van der Waals surface area contributed by atoms with Crippen LogP contribution < -0.4 is 5.32 Å². The van der Waals surface area contributed by atoms with Crippen LogP contribution in [0, 0.1) is 5.82 Å². The van der Waals surface area contributed by atoms with Crippen molar-refractivity contribution >= 4 is 11.7 Å². The molecule has 2 atom stereocenters. The zero-order chi connectivity index (χ0) is 14.1. The lowest BCUT2D eigenvalue weighted by Crippen LogP contribution is -2.36. The second kappa shape index (κ2) is 4.96. The number of aromatic nitrogens is 2. The number of nitrogens with zero attached hydrogens (tertiary/aromatic N) is 1. The molecule has 0 saturated carbocycles. The largest absolute Gasteiger partial charge is 0.467 e. The van der Waals surface area contributed by atoms with Crippen LogP contribution in [0.5, 0.6) is 0 Å². The molecule has 2 heterocycles. The van der Waals surface area contributed by atoms with Gasteiger partial charge in [-0.15, -0.1) is 0 Å². The zero-order valence-corrected chi connectivity index (χ0v) is 10.9. The van der Waals surface area contributed by atoms with Crippen molar-refractivity contribution in [1.82, 2.24) is 10.2 Å². The van der Waals surface area contributed by atoms with Crippen LogP contribution in [0.2, 0.25) is 0 Å². The smallest absolute Gasteiger partial charge is 0.328 e. The van der Waals surface area contributed by atoms with E-state index in [4.69, 9.17) is 4.74 Å². The number of nitrogens with one attached hydrogen (secondary N) is 2. The maximum atomic E-state index is 13.0. The highest BCUT2D eigenvalue weighted by atomic mass is 19.1. The molecule has 1 aromatic carbocycles. The summed E-state index contributed by atoms with van der Waals surface area (Å²) in [7, 11) is 1.36. The summed E-state index contributed by atoms with van der Waals surface area (Å²) in [6.45, 7) is 0. The Morgan fingerprint density at radius 3 is 2.85 bits per heavy atom. The molecule has 0 saturated heterocycles. The highest BCUT2D eigenvalue weighted by molar-refractivity contribution is 5.80. The van der Waals surface area contributed by atoms with Gasteiger partial charge in [-0.2, -0.15) is 5.10 Å². The molecule has 2 N–H and O–H groups in total. The number of methoxy groups -OCH3 is 1. The standard InChI is InChI=1S/C14H14FN3O2/c1-20-14(19)11-6-10(8-2-4-9(15)5-3-8)13-12(17-11)7-16-18-13/h2-5,7,10-11,17H,6H2,1H3,(H,16,18). The molecule has 3 rings (SSSR count). The number of carbonyl (C=O) groups excluding carboxylic acids is 1. The summed E-state index contributed by atoms with van der Waals surface area (Å²) in [5, 5.41) is 10.0. The number of fused-ring (bicyclic) bond motifs is 1. The monoisotopic (exact) mass is 275 g/mol. The molecule has 2 unspecified atom stereocenters. The van der Waals surface area contributed by atoms with Gasteiger partial charge < -0.3 is 10.1 Å². The summed E-state index contributed by atoms with van der Waals surface area (Å²) in [6.07, 6.45) is 2.18. The van der Waals surface area contributed by atoms with Crippen LogP contribution in [0.4, 0.5) is 10.1 Å².